The van der Waals surface area contributed by atoms with Crippen molar-refractivity contribution in [3.63, 3.8) is 0 Å². The van der Waals surface area contributed by atoms with Crippen LogP contribution in [0.15, 0.2) is 91.3 Å². The molecule has 0 aliphatic rings. The Morgan fingerprint density at radius 3 is 2.42 bits per heavy atom. The van der Waals surface area contributed by atoms with Crippen LogP contribution < -0.4 is 15.7 Å². The molecule has 0 atom stereocenters. The predicted molar refractivity (Wildman–Crippen MR) is 123 cm³/mol. The first-order chi connectivity index (χ1) is 15.1. The average Bonchev–Trinajstić information content (AvgIpc) is 2.79. The predicted octanol–water partition coefficient (Wildman–Crippen LogP) is 4.93. The lowest BCUT2D eigenvalue weighted by molar-refractivity contribution is 0.414. The zero-order valence-electron chi connectivity index (χ0n) is 16.3. The normalized spacial score (nSPS) is 11.2. The molecule has 0 aliphatic carbocycles. The zero-order valence-corrected chi connectivity index (χ0v) is 17.9. The molecular weight excluding hydrogens is 460 g/mol. The summed E-state index contributed by atoms with van der Waals surface area (Å²) in [4.78, 5) is 31.4. The molecule has 31 heavy (non-hydrogen) atoms. The number of fused-ring (bicyclic) bond motifs is 2. The van der Waals surface area contributed by atoms with Crippen LogP contribution in [-0.4, -0.2) is 16.7 Å². The Morgan fingerprint density at radius 1 is 0.968 bits per heavy atom. The summed E-state index contributed by atoms with van der Waals surface area (Å²) >= 11 is 3.43. The number of para-hydroxylation sites is 1. The molecule has 6 nitrogen and oxygen atoms in total. The molecule has 0 saturated carbocycles. The number of hydrogen-bond acceptors (Lipinski definition) is 5. The maximum absolute atomic E-state index is 13.6. The van der Waals surface area contributed by atoms with E-state index in [1.54, 1.807) is 30.3 Å². The molecule has 0 N–H and O–H groups in total. The van der Waals surface area contributed by atoms with Gasteiger partial charge in [0.25, 0.3) is 5.56 Å². The number of nitrogens with zero attached hydrogens (tertiary/aromatic N) is 2. The van der Waals surface area contributed by atoms with E-state index in [-0.39, 0.29) is 11.1 Å². The van der Waals surface area contributed by atoms with Crippen molar-refractivity contribution in [1.29, 1.82) is 0 Å². The zero-order chi connectivity index (χ0) is 21.5. The molecule has 2 heterocycles. The number of benzene rings is 3. The van der Waals surface area contributed by atoms with Crippen LogP contribution in [0.2, 0.25) is 0 Å². The van der Waals surface area contributed by atoms with Gasteiger partial charge in [-0.25, -0.2) is 0 Å². The van der Waals surface area contributed by atoms with Crippen LogP contribution in [0.25, 0.3) is 39.1 Å². The number of ether oxygens (including phenoxy) is 1. The van der Waals surface area contributed by atoms with E-state index in [1.165, 1.54) is 11.7 Å². The fourth-order valence-corrected chi connectivity index (χ4v) is 3.78. The lowest BCUT2D eigenvalue weighted by Gasteiger charge is -2.13. The third-order valence-electron chi connectivity index (χ3n) is 5.03. The molecule has 0 amide bonds. The molecule has 0 fully saturated rings. The maximum atomic E-state index is 13.6. The van der Waals surface area contributed by atoms with Crippen LogP contribution in [0.5, 0.6) is 5.75 Å². The fraction of sp³-hybridized carbons (Fsp3) is 0.0417. The van der Waals surface area contributed by atoms with Gasteiger partial charge < -0.3 is 9.15 Å². The Balaban J connectivity index is 1.94. The van der Waals surface area contributed by atoms with Gasteiger partial charge in [0.05, 0.1) is 18.2 Å². The Bertz CT molecular complexity index is 1560. The molecule has 5 aromatic rings. The van der Waals surface area contributed by atoms with Crippen molar-refractivity contribution in [2.75, 3.05) is 7.11 Å². The molecule has 2 aromatic heterocycles. The molecule has 152 valence electrons. The quantitative estimate of drug-likeness (QED) is 0.346. The van der Waals surface area contributed by atoms with Gasteiger partial charge in [-0.3, -0.25) is 14.2 Å². The molecule has 0 bridgehead atoms. The van der Waals surface area contributed by atoms with Gasteiger partial charge in [0.15, 0.2) is 11.2 Å². The number of aromatic nitrogens is 2. The average molecular weight is 475 g/mol. The molecule has 5 rings (SSSR count). The van der Waals surface area contributed by atoms with Gasteiger partial charge in [-0.2, -0.15) is 4.98 Å². The molecule has 0 unspecified atom stereocenters. The van der Waals surface area contributed by atoms with Crippen LogP contribution in [-0.2, 0) is 0 Å². The molecule has 0 saturated heterocycles. The first kappa shape index (κ1) is 19.3. The largest absolute Gasteiger partial charge is 0.497 e. The van der Waals surface area contributed by atoms with Gasteiger partial charge in [0.1, 0.15) is 11.3 Å². The first-order valence-corrected chi connectivity index (χ1v) is 10.2. The van der Waals surface area contributed by atoms with Crippen molar-refractivity contribution in [3.8, 4) is 22.8 Å². The second kappa shape index (κ2) is 7.52. The van der Waals surface area contributed by atoms with Crippen molar-refractivity contribution in [2.45, 2.75) is 0 Å². The second-order valence-corrected chi connectivity index (χ2v) is 7.81. The summed E-state index contributed by atoms with van der Waals surface area (Å²) in [6, 6.07) is 21.4. The van der Waals surface area contributed by atoms with Crippen LogP contribution >= 0.6 is 15.9 Å². The van der Waals surface area contributed by atoms with Gasteiger partial charge in [-0.1, -0.05) is 46.3 Å². The van der Waals surface area contributed by atoms with E-state index in [9.17, 15) is 9.59 Å². The third-order valence-corrected chi connectivity index (χ3v) is 5.56. The topological polar surface area (TPSA) is 74.3 Å². The summed E-state index contributed by atoms with van der Waals surface area (Å²) in [7, 11) is 1.53. The van der Waals surface area contributed by atoms with Crippen LogP contribution in [0.4, 0.5) is 0 Å². The standard InChI is InChI=1S/C24H15BrN2O4/c1-30-17-11-12-18-19(13-17)31-23-20(21(18)28)24(29)27(16-5-3-2-4-6-16)22(26-23)14-7-9-15(25)10-8-14/h2-13H,1H3. The lowest BCUT2D eigenvalue weighted by Crippen LogP contribution is -2.26. The van der Waals surface area contributed by atoms with Gasteiger partial charge in [0.2, 0.25) is 11.1 Å². The van der Waals surface area contributed by atoms with Gasteiger partial charge >= 0.3 is 0 Å². The summed E-state index contributed by atoms with van der Waals surface area (Å²) in [6.45, 7) is 0. The molecule has 3 aromatic carbocycles. The number of hydrogen-bond donors (Lipinski definition) is 0. The van der Waals surface area contributed by atoms with E-state index < -0.39 is 11.0 Å². The minimum absolute atomic E-state index is 0.0131. The highest BCUT2D eigenvalue weighted by Gasteiger charge is 2.20. The maximum Gasteiger partial charge on any atom is 0.273 e. The lowest BCUT2D eigenvalue weighted by atomic mass is 10.1. The Kier molecular flexibility index (Phi) is 4.67. The summed E-state index contributed by atoms with van der Waals surface area (Å²) in [6.07, 6.45) is 0. The number of methoxy groups -OCH3 is 1. The highest BCUT2D eigenvalue weighted by Crippen LogP contribution is 2.26. The Morgan fingerprint density at radius 2 is 1.71 bits per heavy atom. The summed E-state index contributed by atoms with van der Waals surface area (Å²) in [5, 5.41) is 0.200. The molecule has 0 aliphatic heterocycles. The van der Waals surface area contributed by atoms with Crippen LogP contribution in [0.3, 0.4) is 0 Å². The van der Waals surface area contributed by atoms with Crippen molar-refractivity contribution in [3.05, 3.63) is 97.8 Å². The molecule has 7 heteroatoms. The fourth-order valence-electron chi connectivity index (χ4n) is 3.52. The van der Waals surface area contributed by atoms with Crippen LogP contribution in [0.1, 0.15) is 0 Å². The van der Waals surface area contributed by atoms with E-state index in [1.807, 2.05) is 42.5 Å². The van der Waals surface area contributed by atoms with Crippen molar-refractivity contribution < 1.29 is 9.15 Å². The summed E-state index contributed by atoms with van der Waals surface area (Å²) < 4.78 is 13.5. The van der Waals surface area contributed by atoms with E-state index in [0.29, 0.717) is 33.8 Å². The third kappa shape index (κ3) is 3.23. The highest BCUT2D eigenvalue weighted by molar-refractivity contribution is 9.10. The van der Waals surface area contributed by atoms with Crippen molar-refractivity contribution in [2.24, 2.45) is 0 Å². The van der Waals surface area contributed by atoms with E-state index >= 15 is 0 Å². The van der Waals surface area contributed by atoms with Gasteiger partial charge in [0, 0.05) is 16.1 Å². The summed E-state index contributed by atoms with van der Waals surface area (Å²) in [5.41, 5.74) is 0.696. The Labute approximate surface area is 184 Å². The monoisotopic (exact) mass is 474 g/mol. The number of halogens is 1. The number of rotatable bonds is 3. The first-order valence-electron chi connectivity index (χ1n) is 9.46. The van der Waals surface area contributed by atoms with E-state index in [0.717, 1.165) is 4.47 Å². The van der Waals surface area contributed by atoms with Crippen molar-refractivity contribution >= 4 is 38.0 Å². The van der Waals surface area contributed by atoms with Gasteiger partial charge in [-0.05, 0) is 36.4 Å². The smallest absolute Gasteiger partial charge is 0.273 e. The highest BCUT2D eigenvalue weighted by atomic mass is 79.9. The van der Waals surface area contributed by atoms with Crippen LogP contribution in [0, 0.1) is 0 Å². The van der Waals surface area contributed by atoms with E-state index in [2.05, 4.69) is 20.9 Å². The molecule has 0 radical (unpaired) electrons. The SMILES string of the molecule is COc1ccc2c(=O)c3c(=O)n(-c4ccccc4)c(-c4ccc(Br)cc4)nc3oc2c1. The van der Waals surface area contributed by atoms with E-state index in [4.69, 9.17) is 9.15 Å². The Hall–Kier alpha value is -3.71. The second-order valence-electron chi connectivity index (χ2n) is 6.89. The molecule has 0 spiro atoms. The minimum Gasteiger partial charge on any atom is -0.497 e. The minimum atomic E-state index is -0.486. The van der Waals surface area contributed by atoms with Gasteiger partial charge in [-0.15, -0.1) is 0 Å². The molecular formula is C24H15BrN2O4. The van der Waals surface area contributed by atoms with Crippen molar-refractivity contribution in [1.82, 2.24) is 9.55 Å². The summed E-state index contributed by atoms with van der Waals surface area (Å²) in [5.74, 6) is 0.919.